The average molecular weight is 393 g/mol. The molecule has 0 atom stereocenters. The third kappa shape index (κ3) is 4.40. The zero-order valence-electron chi connectivity index (χ0n) is 15.8. The quantitative estimate of drug-likeness (QED) is 0.506. The topological polar surface area (TPSA) is 82.1 Å². The third-order valence-electron chi connectivity index (χ3n) is 3.94. The SMILES string of the molecule is CCCc1ccc(N(OC)S(=O)(=O)c2ccc(C(=O)OC)cc2)c(OC)c1. The fourth-order valence-corrected chi connectivity index (χ4v) is 3.90. The Bertz CT molecular complexity index is 893. The number of carbonyl (C=O) groups is 1. The number of rotatable bonds is 8. The minimum atomic E-state index is -4.03. The van der Waals surface area contributed by atoms with Crippen molar-refractivity contribution in [3.63, 3.8) is 0 Å². The fourth-order valence-electron chi connectivity index (χ4n) is 2.62. The van der Waals surface area contributed by atoms with Crippen LogP contribution in [0.4, 0.5) is 5.69 Å². The highest BCUT2D eigenvalue weighted by molar-refractivity contribution is 7.92. The van der Waals surface area contributed by atoms with Crippen molar-refractivity contribution in [3.05, 3.63) is 53.6 Å². The van der Waals surface area contributed by atoms with Gasteiger partial charge in [0.05, 0.1) is 31.8 Å². The monoisotopic (exact) mass is 393 g/mol. The first-order valence-corrected chi connectivity index (χ1v) is 9.77. The molecule has 2 aromatic rings. The van der Waals surface area contributed by atoms with Gasteiger partial charge < -0.3 is 9.47 Å². The number of ether oxygens (including phenoxy) is 2. The van der Waals surface area contributed by atoms with Crippen LogP contribution >= 0.6 is 0 Å². The molecule has 0 spiro atoms. The molecule has 2 rings (SSSR count). The summed E-state index contributed by atoms with van der Waals surface area (Å²) < 4.78 is 36.8. The Labute approximate surface area is 159 Å². The zero-order chi connectivity index (χ0) is 20.0. The van der Waals surface area contributed by atoms with E-state index >= 15 is 0 Å². The van der Waals surface area contributed by atoms with Gasteiger partial charge in [-0.2, -0.15) is 8.42 Å². The summed E-state index contributed by atoms with van der Waals surface area (Å²) in [6.45, 7) is 2.06. The Kier molecular flexibility index (Phi) is 6.81. The number of anilines is 1. The zero-order valence-corrected chi connectivity index (χ0v) is 16.6. The molecule has 0 amide bonds. The van der Waals surface area contributed by atoms with E-state index in [0.717, 1.165) is 22.9 Å². The molecule has 0 N–H and O–H groups in total. The van der Waals surface area contributed by atoms with Gasteiger partial charge in [0, 0.05) is 0 Å². The van der Waals surface area contributed by atoms with Gasteiger partial charge in [0.25, 0.3) is 10.0 Å². The van der Waals surface area contributed by atoms with Gasteiger partial charge in [0.15, 0.2) is 0 Å². The second-order valence-corrected chi connectivity index (χ2v) is 7.44. The number of nitrogens with zero attached hydrogens (tertiary/aromatic N) is 1. The van der Waals surface area contributed by atoms with Crippen molar-refractivity contribution in [2.75, 3.05) is 25.8 Å². The first-order valence-electron chi connectivity index (χ1n) is 8.33. The van der Waals surface area contributed by atoms with Gasteiger partial charge in [-0.1, -0.05) is 19.4 Å². The van der Waals surface area contributed by atoms with Crippen LogP contribution in [0, 0.1) is 0 Å². The molecule has 0 saturated heterocycles. The smallest absolute Gasteiger partial charge is 0.337 e. The van der Waals surface area contributed by atoms with Crippen LogP contribution in [0.15, 0.2) is 47.4 Å². The second-order valence-electron chi connectivity index (χ2n) is 5.69. The van der Waals surface area contributed by atoms with Crippen molar-refractivity contribution in [1.29, 1.82) is 0 Å². The molecule has 0 bridgehead atoms. The van der Waals surface area contributed by atoms with Gasteiger partial charge in [-0.15, -0.1) is 4.47 Å². The van der Waals surface area contributed by atoms with Gasteiger partial charge in [0.1, 0.15) is 11.4 Å². The predicted molar refractivity (Wildman–Crippen MR) is 101 cm³/mol. The lowest BCUT2D eigenvalue weighted by atomic mass is 10.1. The highest BCUT2D eigenvalue weighted by atomic mass is 32.2. The van der Waals surface area contributed by atoms with E-state index in [1.807, 2.05) is 6.07 Å². The van der Waals surface area contributed by atoms with E-state index in [1.54, 1.807) is 12.1 Å². The molecule has 8 heteroatoms. The molecule has 0 heterocycles. The largest absolute Gasteiger partial charge is 0.494 e. The molecule has 146 valence electrons. The Hall–Kier alpha value is -2.58. The molecule has 2 aromatic carbocycles. The van der Waals surface area contributed by atoms with Crippen molar-refractivity contribution in [2.45, 2.75) is 24.7 Å². The maximum atomic E-state index is 13.0. The van der Waals surface area contributed by atoms with Gasteiger partial charge >= 0.3 is 5.97 Å². The lowest BCUT2D eigenvalue weighted by molar-refractivity contribution is 0.0600. The number of methoxy groups -OCH3 is 2. The summed E-state index contributed by atoms with van der Waals surface area (Å²) >= 11 is 0. The van der Waals surface area contributed by atoms with Crippen LogP contribution in [0.25, 0.3) is 0 Å². The summed E-state index contributed by atoms with van der Waals surface area (Å²) in [5, 5.41) is 0. The van der Waals surface area contributed by atoms with Crippen molar-refractivity contribution >= 4 is 21.7 Å². The van der Waals surface area contributed by atoms with Crippen LogP contribution in [0.3, 0.4) is 0 Å². The fraction of sp³-hybridized carbons (Fsp3) is 0.316. The molecule has 0 unspecified atom stereocenters. The Morgan fingerprint density at radius 2 is 1.70 bits per heavy atom. The number of sulfonamides is 1. The first-order chi connectivity index (χ1) is 12.9. The minimum Gasteiger partial charge on any atom is -0.494 e. The maximum Gasteiger partial charge on any atom is 0.337 e. The van der Waals surface area contributed by atoms with Crippen LogP contribution < -0.4 is 9.21 Å². The van der Waals surface area contributed by atoms with Crippen molar-refractivity contribution < 1.29 is 27.5 Å². The lowest BCUT2D eigenvalue weighted by Crippen LogP contribution is -2.30. The number of aryl methyl sites for hydroxylation is 1. The number of esters is 1. The normalized spacial score (nSPS) is 11.1. The predicted octanol–water partition coefficient (Wildman–Crippen LogP) is 3.19. The van der Waals surface area contributed by atoms with Gasteiger partial charge in [0.2, 0.25) is 0 Å². The molecule has 0 saturated carbocycles. The second kappa shape index (κ2) is 8.88. The summed E-state index contributed by atoms with van der Waals surface area (Å²) in [6, 6.07) is 10.7. The van der Waals surface area contributed by atoms with E-state index in [0.29, 0.717) is 5.75 Å². The molecule has 0 aromatic heterocycles. The van der Waals surface area contributed by atoms with Crippen molar-refractivity contribution in [2.24, 2.45) is 0 Å². The summed E-state index contributed by atoms with van der Waals surface area (Å²) in [4.78, 5) is 16.7. The summed E-state index contributed by atoms with van der Waals surface area (Å²) in [5.74, 6) is -0.159. The number of hydrogen-bond donors (Lipinski definition) is 0. The molecular formula is C19H23NO6S. The minimum absolute atomic E-state index is 0.0308. The van der Waals surface area contributed by atoms with Crippen LogP contribution in [0.5, 0.6) is 5.75 Å². The number of benzene rings is 2. The number of carbonyl (C=O) groups excluding carboxylic acids is 1. The van der Waals surface area contributed by atoms with E-state index in [4.69, 9.17) is 9.57 Å². The Morgan fingerprint density at radius 3 is 2.22 bits per heavy atom. The molecule has 7 nitrogen and oxygen atoms in total. The summed E-state index contributed by atoms with van der Waals surface area (Å²) in [5.41, 5.74) is 1.55. The van der Waals surface area contributed by atoms with E-state index < -0.39 is 16.0 Å². The van der Waals surface area contributed by atoms with Crippen molar-refractivity contribution in [1.82, 2.24) is 0 Å². The van der Waals surface area contributed by atoms with E-state index in [-0.39, 0.29) is 16.1 Å². The molecule has 0 aliphatic rings. The highest BCUT2D eigenvalue weighted by Gasteiger charge is 2.28. The van der Waals surface area contributed by atoms with Crippen LogP contribution in [-0.2, 0) is 26.0 Å². The Balaban J connectivity index is 2.45. The molecular weight excluding hydrogens is 370 g/mol. The third-order valence-corrected chi connectivity index (χ3v) is 5.59. The molecule has 0 radical (unpaired) electrons. The molecule has 0 aliphatic carbocycles. The van der Waals surface area contributed by atoms with Gasteiger partial charge in [-0.3, -0.25) is 4.84 Å². The standard InChI is InChI=1S/C19H23NO6S/c1-5-6-14-7-12-17(18(13-14)24-2)20(26-4)27(22,23)16-10-8-15(9-11-16)19(21)25-3/h7-13H,5-6H2,1-4H3. The van der Waals surface area contributed by atoms with Crippen LogP contribution in [0.2, 0.25) is 0 Å². The van der Waals surface area contributed by atoms with E-state index in [1.165, 1.54) is 45.6 Å². The van der Waals surface area contributed by atoms with Crippen molar-refractivity contribution in [3.8, 4) is 5.75 Å². The van der Waals surface area contributed by atoms with E-state index in [9.17, 15) is 13.2 Å². The lowest BCUT2D eigenvalue weighted by Gasteiger charge is -2.23. The average Bonchev–Trinajstić information content (AvgIpc) is 2.69. The first kappa shape index (κ1) is 20.7. The van der Waals surface area contributed by atoms with Gasteiger partial charge in [-0.05, 0) is 48.4 Å². The highest BCUT2D eigenvalue weighted by Crippen LogP contribution is 2.33. The van der Waals surface area contributed by atoms with Crippen LogP contribution in [0.1, 0.15) is 29.3 Å². The Morgan fingerprint density at radius 1 is 1.04 bits per heavy atom. The maximum absolute atomic E-state index is 13.0. The molecule has 0 fully saturated rings. The van der Waals surface area contributed by atoms with Crippen LogP contribution in [-0.4, -0.2) is 35.7 Å². The molecule has 27 heavy (non-hydrogen) atoms. The summed E-state index contributed by atoms with van der Waals surface area (Å²) in [7, 11) is -0.0380. The van der Waals surface area contributed by atoms with Gasteiger partial charge in [-0.25, -0.2) is 4.79 Å². The number of hydrogen-bond acceptors (Lipinski definition) is 6. The summed E-state index contributed by atoms with van der Waals surface area (Å²) in [6.07, 6.45) is 1.81. The van der Waals surface area contributed by atoms with E-state index in [2.05, 4.69) is 11.7 Å². The molecule has 0 aliphatic heterocycles.